The minimum Gasteiger partial charge on any atom is -0.319 e. The summed E-state index contributed by atoms with van der Waals surface area (Å²) in [6.45, 7) is 1.79. The van der Waals surface area contributed by atoms with E-state index >= 15 is 0 Å². The van der Waals surface area contributed by atoms with Crippen LogP contribution in [0.5, 0.6) is 0 Å². The quantitative estimate of drug-likeness (QED) is 0.182. The predicted molar refractivity (Wildman–Crippen MR) is 105 cm³/mol. The highest BCUT2D eigenvalue weighted by atomic mass is 19.2. The molecule has 0 unspecified atom stereocenters. The van der Waals surface area contributed by atoms with Crippen molar-refractivity contribution in [3.05, 3.63) is 90.0 Å². The van der Waals surface area contributed by atoms with Crippen molar-refractivity contribution in [2.24, 2.45) is 0 Å². The van der Waals surface area contributed by atoms with Gasteiger partial charge in [0.2, 0.25) is 5.82 Å². The number of amides is 1. The lowest BCUT2D eigenvalue weighted by Crippen LogP contribution is -2.15. The molecule has 0 radical (unpaired) electrons. The normalized spacial score (nSPS) is 10.9. The monoisotopic (exact) mass is 485 g/mol. The van der Waals surface area contributed by atoms with Gasteiger partial charge in [-0.1, -0.05) is 0 Å². The number of nitro groups is 2. The first-order valence-corrected chi connectivity index (χ1v) is 9.13. The van der Waals surface area contributed by atoms with Crippen LogP contribution in [0.25, 0.3) is 0 Å². The molecule has 2 aromatic carbocycles. The van der Waals surface area contributed by atoms with Gasteiger partial charge in [-0.25, -0.2) is 22.0 Å². The van der Waals surface area contributed by atoms with Gasteiger partial charge in [-0.3, -0.25) is 29.7 Å². The molecule has 0 atom stereocenters. The lowest BCUT2D eigenvalue weighted by atomic mass is 10.1. The summed E-state index contributed by atoms with van der Waals surface area (Å²) in [5.41, 5.74) is -2.96. The number of hydrogen-bond donors (Lipinski definition) is 1. The van der Waals surface area contributed by atoms with Gasteiger partial charge in [-0.2, -0.15) is 5.10 Å². The highest BCUT2D eigenvalue weighted by molar-refractivity contribution is 6.05. The topological polar surface area (TPSA) is 133 Å². The van der Waals surface area contributed by atoms with E-state index in [0.717, 1.165) is 16.8 Å². The second-order valence-corrected chi connectivity index (χ2v) is 6.96. The van der Waals surface area contributed by atoms with Crippen LogP contribution in [0.3, 0.4) is 0 Å². The number of nitrogens with zero attached hydrogens (tertiary/aromatic N) is 4. The van der Waals surface area contributed by atoms with Gasteiger partial charge in [0.05, 0.1) is 50.7 Å². The SMILES string of the molecule is Cc1nn(Cc2c(F)c(F)c(F)c(F)c2F)c(C)c1NC(=O)c1cc([N+](=O)[O-])cc([N+](=O)[O-])c1. The number of halogens is 5. The van der Waals surface area contributed by atoms with Crippen LogP contribution in [0.1, 0.15) is 27.3 Å². The summed E-state index contributed by atoms with van der Waals surface area (Å²) < 4.78 is 69.2. The first kappa shape index (κ1) is 24.2. The molecule has 0 aliphatic carbocycles. The van der Waals surface area contributed by atoms with Gasteiger partial charge in [0, 0.05) is 12.1 Å². The van der Waals surface area contributed by atoms with Crippen LogP contribution in [0.4, 0.5) is 39.0 Å². The zero-order valence-corrected chi connectivity index (χ0v) is 17.2. The van der Waals surface area contributed by atoms with Crippen molar-refractivity contribution in [2.75, 3.05) is 5.32 Å². The molecular weight excluding hydrogens is 473 g/mol. The highest BCUT2D eigenvalue weighted by Crippen LogP contribution is 2.28. The third-order valence-corrected chi connectivity index (χ3v) is 4.81. The minimum atomic E-state index is -2.31. The van der Waals surface area contributed by atoms with Gasteiger partial charge < -0.3 is 5.32 Å². The molecule has 34 heavy (non-hydrogen) atoms. The van der Waals surface area contributed by atoms with Crippen molar-refractivity contribution in [3.8, 4) is 0 Å². The smallest absolute Gasteiger partial charge is 0.277 e. The first-order valence-electron chi connectivity index (χ1n) is 9.13. The molecule has 0 saturated heterocycles. The molecule has 0 bridgehead atoms. The van der Waals surface area contributed by atoms with E-state index in [-0.39, 0.29) is 17.1 Å². The minimum absolute atomic E-state index is 0.0368. The number of carbonyl (C=O) groups excluding carboxylic acids is 1. The van der Waals surface area contributed by atoms with Gasteiger partial charge in [-0.05, 0) is 13.8 Å². The van der Waals surface area contributed by atoms with Crippen LogP contribution in [0.15, 0.2) is 18.2 Å². The van der Waals surface area contributed by atoms with Crippen LogP contribution in [0, 0.1) is 63.2 Å². The number of hydrogen-bond acceptors (Lipinski definition) is 6. The molecule has 0 aliphatic heterocycles. The highest BCUT2D eigenvalue weighted by Gasteiger charge is 2.27. The number of anilines is 1. The zero-order chi connectivity index (χ0) is 25.5. The fraction of sp³-hybridized carbons (Fsp3) is 0.158. The molecule has 178 valence electrons. The maximum Gasteiger partial charge on any atom is 0.277 e. The summed E-state index contributed by atoms with van der Waals surface area (Å²) >= 11 is 0. The molecular formula is C19H12F5N5O5. The van der Waals surface area contributed by atoms with Crippen LogP contribution < -0.4 is 5.32 Å². The number of aromatic nitrogens is 2. The van der Waals surface area contributed by atoms with Crippen molar-refractivity contribution in [3.63, 3.8) is 0 Å². The Morgan fingerprint density at radius 2 is 1.38 bits per heavy atom. The lowest BCUT2D eigenvalue weighted by Gasteiger charge is -2.10. The summed E-state index contributed by atoms with van der Waals surface area (Å²) in [5, 5.41) is 28.3. The van der Waals surface area contributed by atoms with Gasteiger partial charge in [0.25, 0.3) is 17.3 Å². The Balaban J connectivity index is 1.97. The number of nitrogens with one attached hydrogen (secondary N) is 1. The Kier molecular flexibility index (Phi) is 6.29. The van der Waals surface area contributed by atoms with Crippen LogP contribution in [-0.4, -0.2) is 25.5 Å². The third kappa shape index (κ3) is 4.26. The van der Waals surface area contributed by atoms with Crippen LogP contribution >= 0.6 is 0 Å². The van der Waals surface area contributed by atoms with E-state index in [1.54, 1.807) is 0 Å². The molecule has 0 aliphatic rings. The van der Waals surface area contributed by atoms with Crippen LogP contribution in [-0.2, 0) is 6.54 Å². The second kappa shape index (κ2) is 8.84. The molecule has 1 aromatic heterocycles. The fourth-order valence-electron chi connectivity index (χ4n) is 3.09. The van der Waals surface area contributed by atoms with Gasteiger partial charge in [-0.15, -0.1) is 0 Å². The molecule has 3 aromatic rings. The van der Waals surface area contributed by atoms with Crippen molar-refractivity contribution in [1.29, 1.82) is 0 Å². The molecule has 1 amide bonds. The Bertz CT molecular complexity index is 1310. The average molecular weight is 485 g/mol. The molecule has 1 heterocycles. The van der Waals surface area contributed by atoms with Gasteiger partial charge >= 0.3 is 0 Å². The van der Waals surface area contributed by atoms with Crippen molar-refractivity contribution in [2.45, 2.75) is 20.4 Å². The second-order valence-electron chi connectivity index (χ2n) is 6.96. The molecule has 0 fully saturated rings. The van der Waals surface area contributed by atoms with Gasteiger partial charge in [0.15, 0.2) is 23.3 Å². The van der Waals surface area contributed by atoms with E-state index in [1.165, 1.54) is 13.8 Å². The Morgan fingerprint density at radius 1 is 0.912 bits per heavy atom. The van der Waals surface area contributed by atoms with E-state index in [4.69, 9.17) is 0 Å². The lowest BCUT2D eigenvalue weighted by molar-refractivity contribution is -0.394. The third-order valence-electron chi connectivity index (χ3n) is 4.81. The van der Waals surface area contributed by atoms with Crippen molar-refractivity contribution in [1.82, 2.24) is 9.78 Å². The molecule has 0 saturated carbocycles. The number of rotatable bonds is 6. The number of aryl methyl sites for hydroxylation is 1. The predicted octanol–water partition coefficient (Wildman–Crippen LogP) is 4.31. The van der Waals surface area contributed by atoms with E-state index in [2.05, 4.69) is 10.4 Å². The van der Waals surface area contributed by atoms with E-state index in [9.17, 15) is 47.0 Å². The maximum absolute atomic E-state index is 14.0. The average Bonchev–Trinajstić information content (AvgIpc) is 3.06. The Hall–Kier alpha value is -4.43. The zero-order valence-electron chi connectivity index (χ0n) is 17.2. The van der Waals surface area contributed by atoms with E-state index < -0.39 is 73.9 Å². The number of carbonyl (C=O) groups is 1. The first-order chi connectivity index (χ1) is 15.8. The summed E-state index contributed by atoms with van der Waals surface area (Å²) in [5.74, 6) is -11.7. The number of non-ortho nitro benzene ring substituents is 2. The van der Waals surface area contributed by atoms with Crippen molar-refractivity contribution < 1.29 is 36.6 Å². The van der Waals surface area contributed by atoms with E-state index in [0.29, 0.717) is 6.07 Å². The molecule has 10 nitrogen and oxygen atoms in total. The molecule has 15 heteroatoms. The number of nitro benzene ring substituents is 2. The van der Waals surface area contributed by atoms with E-state index in [1.807, 2.05) is 0 Å². The summed E-state index contributed by atoms with van der Waals surface area (Å²) in [6.07, 6.45) is 0. The fourth-order valence-corrected chi connectivity index (χ4v) is 3.09. The summed E-state index contributed by atoms with van der Waals surface area (Å²) in [7, 11) is 0. The molecule has 1 N–H and O–H groups in total. The Morgan fingerprint density at radius 3 is 1.85 bits per heavy atom. The summed E-state index contributed by atoms with van der Waals surface area (Å²) in [6, 6.07) is 2.26. The Labute approximate surface area is 185 Å². The summed E-state index contributed by atoms with van der Waals surface area (Å²) in [4.78, 5) is 32.8. The number of benzene rings is 2. The van der Waals surface area contributed by atoms with Crippen molar-refractivity contribution >= 4 is 23.0 Å². The molecule has 0 spiro atoms. The van der Waals surface area contributed by atoms with Gasteiger partial charge in [0.1, 0.15) is 0 Å². The van der Waals surface area contributed by atoms with Crippen LogP contribution in [0.2, 0.25) is 0 Å². The standard InChI is InChI=1S/C19H12F5N5O5/c1-7-18(25-19(30)9-3-10(28(31)32)5-11(4-9)29(33)34)8(2)27(26-7)6-12-13(20)15(22)17(24)16(23)14(12)21/h3-5H,6H2,1-2H3,(H,25,30). The maximum atomic E-state index is 14.0. The molecule has 3 rings (SSSR count). The largest absolute Gasteiger partial charge is 0.319 e.